The van der Waals surface area contributed by atoms with Gasteiger partial charge in [-0.15, -0.1) is 5.10 Å². The van der Waals surface area contributed by atoms with Crippen molar-refractivity contribution in [1.29, 1.82) is 0 Å². The third kappa shape index (κ3) is 6.53. The zero-order chi connectivity index (χ0) is 26.6. The van der Waals surface area contributed by atoms with Gasteiger partial charge in [0.15, 0.2) is 5.69 Å². The van der Waals surface area contributed by atoms with Gasteiger partial charge in [0.2, 0.25) is 0 Å². The summed E-state index contributed by atoms with van der Waals surface area (Å²) in [5, 5.41) is 18.9. The van der Waals surface area contributed by atoms with Gasteiger partial charge in [0.05, 0.1) is 0 Å². The summed E-state index contributed by atoms with van der Waals surface area (Å²) in [5.74, 6) is -2.99. The number of aromatic nitrogens is 3. The summed E-state index contributed by atoms with van der Waals surface area (Å²) < 4.78 is 31.7. The highest BCUT2D eigenvalue weighted by Gasteiger charge is 2.38. The fourth-order valence-corrected chi connectivity index (χ4v) is 4.48. The Morgan fingerprint density at radius 2 is 1.65 bits per heavy atom. The van der Waals surface area contributed by atoms with Crippen LogP contribution in [0.1, 0.15) is 40.9 Å². The topological polar surface area (TPSA) is 100 Å². The summed E-state index contributed by atoms with van der Waals surface area (Å²) in [6.07, 6.45) is 1.11. The first-order valence-electron chi connectivity index (χ1n) is 12.1. The molecule has 0 saturated heterocycles. The molecule has 0 atom stereocenters. The molecule has 196 valence electrons. The smallest absolute Gasteiger partial charge is 0.475 e. The summed E-state index contributed by atoms with van der Waals surface area (Å²) in [4.78, 5) is 26.0. The number of hydrogen-bond acceptors (Lipinski definition) is 5. The van der Waals surface area contributed by atoms with E-state index < -0.39 is 12.1 Å². The Kier molecular flexibility index (Phi) is 7.91. The molecule has 1 saturated carbocycles. The predicted molar refractivity (Wildman–Crippen MR) is 131 cm³/mol. The number of aliphatic carboxylic acids is 1. The summed E-state index contributed by atoms with van der Waals surface area (Å²) in [7, 11) is 1.74. The third-order valence-corrected chi connectivity index (χ3v) is 6.61. The lowest BCUT2D eigenvalue weighted by Crippen LogP contribution is -2.41. The van der Waals surface area contributed by atoms with Crippen LogP contribution in [-0.2, 0) is 24.7 Å². The number of halogens is 3. The first-order chi connectivity index (χ1) is 17.6. The number of carboxylic acid groups (broad SMARTS) is 1. The van der Waals surface area contributed by atoms with Crippen LogP contribution in [0.15, 0.2) is 48.5 Å². The number of benzene rings is 2. The monoisotopic (exact) mass is 515 g/mol. The number of amides is 1. The molecule has 1 fully saturated rings. The molecule has 2 aliphatic rings. The van der Waals surface area contributed by atoms with Gasteiger partial charge in [0.1, 0.15) is 5.69 Å². The van der Waals surface area contributed by atoms with Crippen LogP contribution in [0.3, 0.4) is 0 Å². The molecule has 1 aliphatic carbocycles. The quantitative estimate of drug-likeness (QED) is 0.537. The van der Waals surface area contributed by atoms with Crippen LogP contribution in [-0.4, -0.2) is 62.2 Å². The molecule has 2 N–H and O–H groups in total. The van der Waals surface area contributed by atoms with E-state index in [1.54, 1.807) is 7.05 Å². The summed E-state index contributed by atoms with van der Waals surface area (Å²) in [6, 6.07) is 16.8. The molecular weight excluding hydrogens is 487 g/mol. The van der Waals surface area contributed by atoms with E-state index >= 15 is 0 Å². The maximum Gasteiger partial charge on any atom is 0.490 e. The third-order valence-electron chi connectivity index (χ3n) is 6.61. The molecule has 0 radical (unpaired) electrons. The number of carbonyl (C=O) groups excluding carboxylic acids is 1. The van der Waals surface area contributed by atoms with Crippen LogP contribution in [0.2, 0.25) is 0 Å². The van der Waals surface area contributed by atoms with E-state index in [9.17, 15) is 18.0 Å². The van der Waals surface area contributed by atoms with Crippen LogP contribution in [0.4, 0.5) is 18.9 Å². The van der Waals surface area contributed by atoms with Crippen molar-refractivity contribution in [1.82, 2.24) is 19.9 Å². The zero-order valence-electron chi connectivity index (χ0n) is 20.3. The molecular formula is C26H28F3N5O3. The maximum absolute atomic E-state index is 13.0. The predicted octanol–water partition coefficient (Wildman–Crippen LogP) is 4.32. The van der Waals surface area contributed by atoms with Crippen molar-refractivity contribution in [3.63, 3.8) is 0 Å². The second-order valence-corrected chi connectivity index (χ2v) is 9.11. The molecule has 11 heteroatoms. The summed E-state index contributed by atoms with van der Waals surface area (Å²) in [5.41, 5.74) is 5.39. The number of carboxylic acids is 1. The first kappa shape index (κ1) is 26.3. The van der Waals surface area contributed by atoms with Crippen LogP contribution in [0, 0.1) is 0 Å². The van der Waals surface area contributed by atoms with Crippen LogP contribution in [0.25, 0.3) is 11.3 Å². The average molecular weight is 516 g/mol. The Hall–Kier alpha value is -3.73. The maximum atomic E-state index is 13.0. The Morgan fingerprint density at radius 3 is 2.24 bits per heavy atom. The molecule has 0 spiro atoms. The highest BCUT2D eigenvalue weighted by atomic mass is 19.4. The minimum atomic E-state index is -5.08. The lowest BCUT2D eigenvalue weighted by atomic mass is 9.91. The minimum absolute atomic E-state index is 0.230. The molecule has 0 unspecified atom stereocenters. The molecule has 1 aliphatic heterocycles. The summed E-state index contributed by atoms with van der Waals surface area (Å²) in [6.45, 7) is 2.25. The van der Waals surface area contributed by atoms with E-state index in [1.807, 2.05) is 36.4 Å². The SMILES string of the molecule is Cn1nc(C(=O)Nc2ccc3c(c2)CCN(C2CCC2)CC3)c(-c2ccccc2)n1.O=C(O)C(F)(F)F. The Labute approximate surface area is 212 Å². The van der Waals surface area contributed by atoms with Gasteiger partial charge in [-0.05, 0) is 48.9 Å². The van der Waals surface area contributed by atoms with Gasteiger partial charge in [-0.25, -0.2) is 4.79 Å². The van der Waals surface area contributed by atoms with Gasteiger partial charge < -0.3 is 10.4 Å². The number of hydrogen-bond donors (Lipinski definition) is 2. The molecule has 8 nitrogen and oxygen atoms in total. The highest BCUT2D eigenvalue weighted by molar-refractivity contribution is 6.06. The van der Waals surface area contributed by atoms with Crippen molar-refractivity contribution in [2.24, 2.45) is 7.05 Å². The van der Waals surface area contributed by atoms with Gasteiger partial charge in [0, 0.05) is 37.4 Å². The number of nitrogens with one attached hydrogen (secondary N) is 1. The van der Waals surface area contributed by atoms with E-state index in [4.69, 9.17) is 9.90 Å². The second-order valence-electron chi connectivity index (χ2n) is 9.11. The van der Waals surface area contributed by atoms with Crippen molar-refractivity contribution < 1.29 is 27.9 Å². The zero-order valence-corrected chi connectivity index (χ0v) is 20.3. The average Bonchev–Trinajstić information content (AvgIpc) is 3.11. The van der Waals surface area contributed by atoms with Crippen molar-refractivity contribution >= 4 is 17.6 Å². The van der Waals surface area contributed by atoms with Gasteiger partial charge in [0.25, 0.3) is 5.91 Å². The number of aryl methyl sites for hydroxylation is 1. The molecule has 2 aromatic carbocycles. The molecule has 3 aromatic rings. The van der Waals surface area contributed by atoms with Crippen molar-refractivity contribution in [3.05, 3.63) is 65.4 Å². The van der Waals surface area contributed by atoms with E-state index in [-0.39, 0.29) is 5.91 Å². The van der Waals surface area contributed by atoms with Crippen molar-refractivity contribution in [2.75, 3.05) is 18.4 Å². The Balaban J connectivity index is 0.000000405. The minimum Gasteiger partial charge on any atom is -0.475 e. The van der Waals surface area contributed by atoms with E-state index in [2.05, 4.69) is 32.5 Å². The standard InChI is InChI=1S/C24H27N5O.C2HF3O2/c1-28-26-22(18-6-3-2-4-7-18)23(27-28)24(30)25-20-11-10-17-12-14-29(21-8-5-9-21)15-13-19(17)16-20;3-2(4,5)1(6)7/h2-4,6-7,10-11,16,21H,5,8-9,12-15H2,1H3,(H,25,30);(H,6,7). The lowest BCUT2D eigenvalue weighted by Gasteiger charge is -2.36. The van der Waals surface area contributed by atoms with Crippen LogP contribution < -0.4 is 5.32 Å². The number of rotatable bonds is 4. The molecule has 1 amide bonds. The molecule has 1 aromatic heterocycles. The molecule has 0 bridgehead atoms. The fourth-order valence-electron chi connectivity index (χ4n) is 4.48. The van der Waals surface area contributed by atoms with Crippen molar-refractivity contribution in [2.45, 2.75) is 44.3 Å². The second kappa shape index (κ2) is 11.1. The van der Waals surface area contributed by atoms with Crippen molar-refractivity contribution in [3.8, 4) is 11.3 Å². The number of alkyl halides is 3. The summed E-state index contributed by atoms with van der Waals surface area (Å²) >= 11 is 0. The van der Waals surface area contributed by atoms with Crippen LogP contribution in [0.5, 0.6) is 0 Å². The number of anilines is 1. The van der Waals surface area contributed by atoms with E-state index in [1.165, 1.54) is 35.2 Å². The molecule has 37 heavy (non-hydrogen) atoms. The number of carbonyl (C=O) groups is 2. The largest absolute Gasteiger partial charge is 0.490 e. The molecule has 2 heterocycles. The van der Waals surface area contributed by atoms with Gasteiger partial charge in [-0.3, -0.25) is 9.69 Å². The van der Waals surface area contributed by atoms with Gasteiger partial charge in [-0.2, -0.15) is 23.1 Å². The number of fused-ring (bicyclic) bond motifs is 1. The van der Waals surface area contributed by atoms with Gasteiger partial charge >= 0.3 is 12.1 Å². The first-order valence-corrected chi connectivity index (χ1v) is 12.1. The lowest BCUT2D eigenvalue weighted by molar-refractivity contribution is -0.192. The Bertz CT molecular complexity index is 1260. The van der Waals surface area contributed by atoms with E-state index in [0.717, 1.165) is 43.2 Å². The van der Waals surface area contributed by atoms with Crippen LogP contribution >= 0.6 is 0 Å². The fraction of sp³-hybridized carbons (Fsp3) is 0.385. The van der Waals surface area contributed by atoms with E-state index in [0.29, 0.717) is 11.4 Å². The van der Waals surface area contributed by atoms with Gasteiger partial charge in [-0.1, -0.05) is 42.8 Å². The Morgan fingerprint density at radius 1 is 1.00 bits per heavy atom. The number of nitrogens with zero attached hydrogens (tertiary/aromatic N) is 4. The normalized spacial score (nSPS) is 16.0. The highest BCUT2D eigenvalue weighted by Crippen LogP contribution is 2.28. The molecule has 5 rings (SSSR count).